The molecule has 1 saturated carbocycles. The molecular formula is C24H25FN4O5S. The molecule has 0 radical (unpaired) electrons. The van der Waals surface area contributed by atoms with Crippen molar-refractivity contribution in [1.82, 2.24) is 15.2 Å². The third kappa shape index (κ3) is 4.84. The molecule has 11 heteroatoms. The Morgan fingerprint density at radius 2 is 2.17 bits per heavy atom. The predicted octanol–water partition coefficient (Wildman–Crippen LogP) is 2.46. The Bertz CT molecular complexity index is 1190. The van der Waals surface area contributed by atoms with Crippen LogP contribution >= 0.6 is 11.3 Å². The fourth-order valence-corrected chi connectivity index (χ4v) is 5.13. The van der Waals surface area contributed by atoms with E-state index in [9.17, 15) is 19.1 Å². The SMILES string of the molecule is COC(=O)C1=C(CN2CCOC[C@H]2C(=O)O)NC(c2nccs2)=N[C@H]1c1ccc(F)cc1C1CC1. The predicted molar refractivity (Wildman–Crippen MR) is 126 cm³/mol. The molecular weight excluding hydrogens is 475 g/mol. The van der Waals surface area contributed by atoms with Gasteiger partial charge < -0.3 is 19.9 Å². The Hall–Kier alpha value is -3.15. The number of carbonyl (C=O) groups is 2. The van der Waals surface area contributed by atoms with Gasteiger partial charge in [-0.1, -0.05) is 6.07 Å². The molecule has 5 rings (SSSR count). The molecule has 35 heavy (non-hydrogen) atoms. The van der Waals surface area contributed by atoms with Gasteiger partial charge in [0.25, 0.3) is 0 Å². The average Bonchev–Trinajstić information content (AvgIpc) is 3.56. The molecule has 2 fully saturated rings. The van der Waals surface area contributed by atoms with Gasteiger partial charge in [0.1, 0.15) is 17.9 Å². The first-order valence-electron chi connectivity index (χ1n) is 11.4. The van der Waals surface area contributed by atoms with Crippen LogP contribution < -0.4 is 5.32 Å². The number of carboxylic acid groups (broad SMARTS) is 1. The standard InChI is InChI=1S/C24H25FN4O5S/c1-33-24(32)19-17(11-29-7-8-34-12-18(29)23(30)31)27-21(22-26-6-9-35-22)28-20(19)15-5-4-14(25)10-16(15)13-2-3-13/h4-6,9-10,13,18,20H,2-3,7-8,11-12H2,1H3,(H,27,28)(H,30,31)/t18-,20-/m0/s1. The minimum Gasteiger partial charge on any atom is -0.480 e. The van der Waals surface area contributed by atoms with Crippen LogP contribution in [0.3, 0.4) is 0 Å². The Balaban J connectivity index is 1.63. The largest absolute Gasteiger partial charge is 0.480 e. The zero-order chi connectivity index (χ0) is 24.5. The summed E-state index contributed by atoms with van der Waals surface area (Å²) in [5.41, 5.74) is 2.33. The van der Waals surface area contributed by atoms with Crippen LogP contribution in [0.4, 0.5) is 4.39 Å². The molecule has 3 aliphatic rings. The molecule has 1 saturated heterocycles. The molecule has 1 aromatic carbocycles. The smallest absolute Gasteiger partial charge is 0.338 e. The summed E-state index contributed by atoms with van der Waals surface area (Å²) in [6.45, 7) is 0.961. The molecule has 184 valence electrons. The molecule has 2 N–H and O–H groups in total. The minimum atomic E-state index is -0.999. The number of esters is 1. The van der Waals surface area contributed by atoms with E-state index in [4.69, 9.17) is 14.5 Å². The zero-order valence-corrected chi connectivity index (χ0v) is 19.9. The topological polar surface area (TPSA) is 113 Å². The van der Waals surface area contributed by atoms with E-state index in [2.05, 4.69) is 10.3 Å². The first-order chi connectivity index (χ1) is 17.0. The van der Waals surface area contributed by atoms with E-state index < -0.39 is 24.0 Å². The molecule has 1 aromatic heterocycles. The molecule has 1 aliphatic carbocycles. The lowest BCUT2D eigenvalue weighted by atomic mass is 9.90. The van der Waals surface area contributed by atoms with Gasteiger partial charge in [-0.2, -0.15) is 0 Å². The Kier molecular flexibility index (Phi) is 6.63. The maximum absolute atomic E-state index is 14.2. The molecule has 9 nitrogen and oxygen atoms in total. The van der Waals surface area contributed by atoms with Crippen molar-refractivity contribution in [2.75, 3.05) is 33.4 Å². The van der Waals surface area contributed by atoms with E-state index in [0.717, 1.165) is 24.0 Å². The summed E-state index contributed by atoms with van der Waals surface area (Å²) in [4.78, 5) is 36.0. The molecule has 2 aromatic rings. The number of hydrogen-bond acceptors (Lipinski definition) is 9. The number of carbonyl (C=O) groups excluding carboxylic acids is 1. The maximum atomic E-state index is 14.2. The van der Waals surface area contributed by atoms with Crippen molar-refractivity contribution in [3.63, 3.8) is 0 Å². The van der Waals surface area contributed by atoms with Gasteiger partial charge in [0.05, 0.1) is 25.9 Å². The van der Waals surface area contributed by atoms with Gasteiger partial charge in [-0.25, -0.2) is 14.2 Å². The van der Waals surface area contributed by atoms with Crippen LogP contribution in [0.2, 0.25) is 0 Å². The fourth-order valence-electron chi connectivity index (χ4n) is 4.55. The highest BCUT2D eigenvalue weighted by Crippen LogP contribution is 2.46. The summed E-state index contributed by atoms with van der Waals surface area (Å²) < 4.78 is 24.7. The third-order valence-corrected chi connectivity index (χ3v) is 7.19. The summed E-state index contributed by atoms with van der Waals surface area (Å²) in [6, 6.07) is 2.96. The van der Waals surface area contributed by atoms with E-state index in [1.165, 1.54) is 30.6 Å². The lowest BCUT2D eigenvalue weighted by Gasteiger charge is -2.35. The number of carboxylic acids is 1. The van der Waals surface area contributed by atoms with Crippen molar-refractivity contribution in [1.29, 1.82) is 0 Å². The van der Waals surface area contributed by atoms with E-state index in [1.807, 2.05) is 5.38 Å². The van der Waals surface area contributed by atoms with E-state index in [-0.39, 0.29) is 30.5 Å². The first-order valence-corrected chi connectivity index (χ1v) is 12.2. The Morgan fingerprint density at radius 3 is 2.86 bits per heavy atom. The van der Waals surface area contributed by atoms with Gasteiger partial charge in [0.2, 0.25) is 0 Å². The molecule has 0 amide bonds. The highest BCUT2D eigenvalue weighted by atomic mass is 32.1. The van der Waals surface area contributed by atoms with Gasteiger partial charge in [-0.15, -0.1) is 11.3 Å². The van der Waals surface area contributed by atoms with Gasteiger partial charge in [-0.3, -0.25) is 14.7 Å². The number of aliphatic carboxylic acids is 1. The van der Waals surface area contributed by atoms with Crippen LogP contribution in [0, 0.1) is 5.82 Å². The quantitative estimate of drug-likeness (QED) is 0.558. The number of benzene rings is 1. The second kappa shape index (κ2) is 9.84. The van der Waals surface area contributed by atoms with Crippen molar-refractivity contribution < 1.29 is 28.6 Å². The number of hydrogen-bond donors (Lipinski definition) is 2. The van der Waals surface area contributed by atoms with Crippen LogP contribution in [-0.2, 0) is 19.1 Å². The second-order valence-electron chi connectivity index (χ2n) is 8.67. The highest BCUT2D eigenvalue weighted by molar-refractivity contribution is 7.11. The first kappa shape index (κ1) is 23.6. The van der Waals surface area contributed by atoms with Crippen LogP contribution in [0.25, 0.3) is 0 Å². The summed E-state index contributed by atoms with van der Waals surface area (Å²) >= 11 is 1.39. The number of aromatic nitrogens is 1. The van der Waals surface area contributed by atoms with Crippen molar-refractivity contribution in [3.8, 4) is 0 Å². The van der Waals surface area contributed by atoms with Gasteiger partial charge in [-0.05, 0) is 42.0 Å². The number of thiazole rings is 1. The minimum absolute atomic E-state index is 0.0524. The average molecular weight is 501 g/mol. The number of rotatable bonds is 7. The van der Waals surface area contributed by atoms with Crippen LogP contribution in [-0.4, -0.2) is 72.2 Å². The van der Waals surface area contributed by atoms with Crippen molar-refractivity contribution >= 4 is 29.1 Å². The van der Waals surface area contributed by atoms with Crippen molar-refractivity contribution in [2.45, 2.75) is 30.8 Å². The molecule has 3 heterocycles. The Morgan fingerprint density at radius 1 is 1.34 bits per heavy atom. The van der Waals surface area contributed by atoms with Gasteiger partial charge >= 0.3 is 11.9 Å². The maximum Gasteiger partial charge on any atom is 0.338 e. The second-order valence-corrected chi connectivity index (χ2v) is 9.57. The number of halogens is 1. The van der Waals surface area contributed by atoms with Crippen LogP contribution in [0.15, 0.2) is 46.0 Å². The van der Waals surface area contributed by atoms with Gasteiger partial charge in [0, 0.05) is 30.4 Å². The summed E-state index contributed by atoms with van der Waals surface area (Å²) in [5.74, 6) is -1.23. The number of amidine groups is 1. The van der Waals surface area contributed by atoms with Crippen molar-refractivity contribution in [2.24, 2.45) is 4.99 Å². The molecule has 2 atom stereocenters. The summed E-state index contributed by atoms with van der Waals surface area (Å²) in [5, 5.41) is 15.4. The van der Waals surface area contributed by atoms with Crippen LogP contribution in [0.1, 0.15) is 40.9 Å². The lowest BCUT2D eigenvalue weighted by molar-refractivity contribution is -0.149. The van der Waals surface area contributed by atoms with E-state index >= 15 is 0 Å². The normalized spacial score (nSPS) is 23.0. The number of aliphatic imine (C=N–C) groups is 1. The Labute approximate surface area is 205 Å². The lowest BCUT2D eigenvalue weighted by Crippen LogP contribution is -2.52. The summed E-state index contributed by atoms with van der Waals surface area (Å²) in [6.07, 6.45) is 3.56. The van der Waals surface area contributed by atoms with Gasteiger partial charge in [0.15, 0.2) is 10.8 Å². The summed E-state index contributed by atoms with van der Waals surface area (Å²) in [7, 11) is 1.30. The molecule has 0 spiro atoms. The molecule has 0 bridgehead atoms. The number of morpholine rings is 1. The number of nitrogens with one attached hydrogen (secondary N) is 1. The zero-order valence-electron chi connectivity index (χ0n) is 19.1. The van der Waals surface area contributed by atoms with Crippen LogP contribution in [0.5, 0.6) is 0 Å². The fraction of sp³-hybridized carbons (Fsp3) is 0.417. The highest BCUT2D eigenvalue weighted by Gasteiger charge is 2.38. The van der Waals surface area contributed by atoms with E-state index in [0.29, 0.717) is 29.7 Å². The monoisotopic (exact) mass is 500 g/mol. The van der Waals surface area contributed by atoms with Crippen molar-refractivity contribution in [3.05, 3.63) is 63.0 Å². The molecule has 0 unspecified atom stereocenters. The number of nitrogens with zero attached hydrogens (tertiary/aromatic N) is 3. The van der Waals surface area contributed by atoms with E-state index in [1.54, 1.807) is 17.2 Å². The molecule has 2 aliphatic heterocycles. The number of methoxy groups -OCH3 is 1. The number of ether oxygens (including phenoxy) is 2. The third-order valence-electron chi connectivity index (χ3n) is 6.41.